The van der Waals surface area contributed by atoms with Gasteiger partial charge in [0.25, 0.3) is 0 Å². The van der Waals surface area contributed by atoms with Crippen molar-refractivity contribution in [2.45, 2.75) is 62.2 Å². The Morgan fingerprint density at radius 1 is 1.05 bits per heavy atom. The van der Waals surface area contributed by atoms with Crippen LogP contribution in [0, 0.1) is 0 Å². The number of hydrogen-bond acceptors (Lipinski definition) is 5. The summed E-state index contributed by atoms with van der Waals surface area (Å²) in [7, 11) is -6.57. The molecule has 0 aromatic rings. The zero-order valence-corrected chi connectivity index (χ0v) is 14.0. The molecule has 0 aromatic heterocycles. The van der Waals surface area contributed by atoms with Gasteiger partial charge in [0.15, 0.2) is 0 Å². The molecule has 0 aromatic carbocycles. The second kappa shape index (κ2) is 6.52. The maximum atomic E-state index is 12.6. The third-order valence-corrected chi connectivity index (χ3v) is 8.53. The molecular formula is C13H26N2O4S2. The fourth-order valence-corrected chi connectivity index (χ4v) is 7.02. The van der Waals surface area contributed by atoms with Gasteiger partial charge in [0.2, 0.25) is 10.0 Å². The number of nitrogens with two attached hydrogens (primary N) is 1. The second-order valence-corrected chi connectivity index (χ2v) is 10.7. The largest absolute Gasteiger partial charge is 0.329 e. The molecule has 6 nitrogen and oxygen atoms in total. The summed E-state index contributed by atoms with van der Waals surface area (Å²) in [5.41, 5.74) is 5.33. The van der Waals surface area contributed by atoms with Crippen LogP contribution >= 0.6 is 0 Å². The first-order valence-corrected chi connectivity index (χ1v) is 11.1. The topological polar surface area (TPSA) is 106 Å². The van der Waals surface area contributed by atoms with E-state index >= 15 is 0 Å². The second-order valence-electron chi connectivity index (χ2n) is 6.40. The highest BCUT2D eigenvalue weighted by Gasteiger charge is 2.39. The van der Waals surface area contributed by atoms with Gasteiger partial charge in [0, 0.05) is 12.1 Å². The van der Waals surface area contributed by atoms with Crippen LogP contribution in [0.2, 0.25) is 0 Å². The predicted octanol–water partition coefficient (Wildman–Crippen LogP) is 0.535. The first-order chi connectivity index (χ1) is 9.79. The highest BCUT2D eigenvalue weighted by Crippen LogP contribution is 2.29. The Morgan fingerprint density at radius 2 is 1.57 bits per heavy atom. The Bertz CT molecular complexity index is 535. The van der Waals surface area contributed by atoms with Crippen LogP contribution in [0.4, 0.5) is 0 Å². The molecule has 0 radical (unpaired) electrons. The summed E-state index contributed by atoms with van der Waals surface area (Å²) in [6.07, 6.45) is 6.13. The smallest absolute Gasteiger partial charge is 0.215 e. The lowest BCUT2D eigenvalue weighted by Gasteiger charge is -2.34. The van der Waals surface area contributed by atoms with Crippen LogP contribution in [0.5, 0.6) is 0 Å². The highest BCUT2D eigenvalue weighted by molar-refractivity contribution is 7.92. The van der Waals surface area contributed by atoms with E-state index in [0.717, 1.165) is 38.5 Å². The Kier molecular flexibility index (Phi) is 5.33. The van der Waals surface area contributed by atoms with E-state index in [-0.39, 0.29) is 24.3 Å². The molecule has 1 saturated heterocycles. The van der Waals surface area contributed by atoms with Gasteiger partial charge in [-0.3, -0.25) is 0 Å². The number of sulfonamides is 1. The molecule has 1 saturated carbocycles. The van der Waals surface area contributed by atoms with Crippen molar-refractivity contribution in [3.8, 4) is 0 Å². The van der Waals surface area contributed by atoms with Gasteiger partial charge in [0.1, 0.15) is 9.84 Å². The summed E-state index contributed by atoms with van der Waals surface area (Å²) >= 11 is 0. The Balaban J connectivity index is 2.08. The SMILES string of the molecule is NCC1(NS(=O)(=O)C2CCS(=O)(=O)CC2)CCCCCC1. The van der Waals surface area contributed by atoms with Crippen molar-refractivity contribution in [2.75, 3.05) is 18.1 Å². The van der Waals surface area contributed by atoms with Crippen molar-refractivity contribution in [1.82, 2.24) is 4.72 Å². The van der Waals surface area contributed by atoms with Crippen molar-refractivity contribution in [3.05, 3.63) is 0 Å². The van der Waals surface area contributed by atoms with E-state index in [9.17, 15) is 16.8 Å². The molecule has 0 spiro atoms. The zero-order valence-electron chi connectivity index (χ0n) is 12.4. The fourth-order valence-electron chi connectivity index (χ4n) is 3.32. The summed E-state index contributed by atoms with van der Waals surface area (Å²) in [4.78, 5) is 0. The average molecular weight is 338 g/mol. The monoisotopic (exact) mass is 338 g/mol. The third-order valence-electron chi connectivity index (χ3n) is 4.75. The normalized spacial score (nSPS) is 27.1. The van der Waals surface area contributed by atoms with Gasteiger partial charge >= 0.3 is 0 Å². The van der Waals surface area contributed by atoms with Crippen LogP contribution in [0.1, 0.15) is 51.4 Å². The molecule has 2 aliphatic rings. The van der Waals surface area contributed by atoms with Crippen LogP contribution in [0.3, 0.4) is 0 Å². The number of rotatable bonds is 4. The molecule has 3 N–H and O–H groups in total. The molecule has 1 heterocycles. The van der Waals surface area contributed by atoms with E-state index in [1.54, 1.807) is 0 Å². The van der Waals surface area contributed by atoms with Gasteiger partial charge < -0.3 is 5.73 Å². The van der Waals surface area contributed by atoms with E-state index in [1.807, 2.05) is 0 Å². The number of sulfone groups is 1. The molecule has 2 rings (SSSR count). The van der Waals surface area contributed by atoms with E-state index in [2.05, 4.69) is 4.72 Å². The van der Waals surface area contributed by atoms with Crippen molar-refractivity contribution >= 4 is 19.9 Å². The molecule has 8 heteroatoms. The lowest BCUT2D eigenvalue weighted by Crippen LogP contribution is -2.56. The lowest BCUT2D eigenvalue weighted by atomic mass is 9.92. The minimum atomic E-state index is -3.51. The van der Waals surface area contributed by atoms with Gasteiger partial charge in [-0.15, -0.1) is 0 Å². The van der Waals surface area contributed by atoms with Crippen LogP contribution in [-0.2, 0) is 19.9 Å². The van der Waals surface area contributed by atoms with Gasteiger partial charge in [0.05, 0.1) is 16.8 Å². The molecule has 2 fully saturated rings. The van der Waals surface area contributed by atoms with Crippen LogP contribution in [0.25, 0.3) is 0 Å². The summed E-state index contributed by atoms with van der Waals surface area (Å²) in [5, 5.41) is -0.604. The Morgan fingerprint density at radius 3 is 2.05 bits per heavy atom. The van der Waals surface area contributed by atoms with Crippen molar-refractivity contribution in [1.29, 1.82) is 0 Å². The van der Waals surface area contributed by atoms with Crippen molar-refractivity contribution in [3.63, 3.8) is 0 Å². The molecule has 0 atom stereocenters. The first kappa shape index (κ1) is 17.2. The Labute approximate surface area is 127 Å². The molecular weight excluding hydrogens is 312 g/mol. The quantitative estimate of drug-likeness (QED) is 0.728. The molecule has 21 heavy (non-hydrogen) atoms. The molecule has 124 valence electrons. The van der Waals surface area contributed by atoms with Gasteiger partial charge in [-0.05, 0) is 25.7 Å². The Hall–Kier alpha value is -0.180. The fraction of sp³-hybridized carbons (Fsp3) is 1.00. The maximum absolute atomic E-state index is 12.6. The van der Waals surface area contributed by atoms with Gasteiger partial charge in [-0.1, -0.05) is 25.7 Å². The van der Waals surface area contributed by atoms with Crippen LogP contribution in [-0.4, -0.2) is 45.7 Å². The third kappa shape index (κ3) is 4.40. The van der Waals surface area contributed by atoms with E-state index in [0.29, 0.717) is 6.54 Å². The number of hydrogen-bond donors (Lipinski definition) is 2. The minimum Gasteiger partial charge on any atom is -0.329 e. The zero-order chi connectivity index (χ0) is 15.6. The van der Waals surface area contributed by atoms with Crippen LogP contribution in [0.15, 0.2) is 0 Å². The molecule has 0 amide bonds. The van der Waals surface area contributed by atoms with Crippen molar-refractivity contribution < 1.29 is 16.8 Å². The average Bonchev–Trinajstić information content (AvgIpc) is 2.64. The summed E-state index contributed by atoms with van der Waals surface area (Å²) in [6.45, 7) is 0.303. The summed E-state index contributed by atoms with van der Waals surface area (Å²) in [5.74, 6) is -0.0671. The van der Waals surface area contributed by atoms with Crippen LogP contribution < -0.4 is 10.5 Å². The minimum absolute atomic E-state index is 0.0335. The first-order valence-electron chi connectivity index (χ1n) is 7.72. The summed E-state index contributed by atoms with van der Waals surface area (Å²) < 4.78 is 50.9. The molecule has 0 bridgehead atoms. The summed E-state index contributed by atoms with van der Waals surface area (Å²) in [6, 6.07) is 0. The van der Waals surface area contributed by atoms with E-state index in [4.69, 9.17) is 5.73 Å². The molecule has 0 unspecified atom stereocenters. The predicted molar refractivity (Wildman–Crippen MR) is 83.2 cm³/mol. The van der Waals surface area contributed by atoms with E-state index < -0.39 is 30.6 Å². The van der Waals surface area contributed by atoms with Gasteiger partial charge in [-0.25, -0.2) is 21.6 Å². The standard InChI is InChI=1S/C13H26N2O4S2/c14-11-13(7-3-1-2-4-8-13)15-21(18,19)12-5-9-20(16,17)10-6-12/h12,15H,1-11,14H2. The maximum Gasteiger partial charge on any atom is 0.215 e. The molecule has 1 aliphatic heterocycles. The highest BCUT2D eigenvalue weighted by atomic mass is 32.2. The lowest BCUT2D eigenvalue weighted by molar-refractivity contribution is 0.340. The molecule has 1 aliphatic carbocycles. The van der Waals surface area contributed by atoms with Crippen molar-refractivity contribution in [2.24, 2.45) is 5.73 Å². The van der Waals surface area contributed by atoms with Gasteiger partial charge in [-0.2, -0.15) is 0 Å². The van der Waals surface area contributed by atoms with E-state index in [1.165, 1.54) is 0 Å². The number of nitrogens with one attached hydrogen (secondary N) is 1.